The van der Waals surface area contributed by atoms with E-state index in [1.54, 1.807) is 24.4 Å². The van der Waals surface area contributed by atoms with Gasteiger partial charge in [-0.1, -0.05) is 12.1 Å². The molecule has 0 radical (unpaired) electrons. The largest absolute Gasteiger partial charge is 0.506 e. The molecule has 0 bridgehead atoms. The van der Waals surface area contributed by atoms with Crippen LogP contribution in [0, 0.1) is 19.3 Å². The lowest BCUT2D eigenvalue weighted by molar-refractivity contribution is 0.471. The number of nitrogens with zero attached hydrogens (tertiary/aromatic N) is 2. The number of nitrogens with one attached hydrogen (secondary N) is 1. The highest BCUT2D eigenvalue weighted by molar-refractivity contribution is 9.10. The number of benzene rings is 1. The van der Waals surface area contributed by atoms with Crippen LogP contribution >= 0.6 is 15.9 Å². The normalized spacial score (nSPS) is 11.0. The summed E-state index contributed by atoms with van der Waals surface area (Å²) in [5, 5.41) is 22.9. The molecule has 0 fully saturated rings. The molecule has 0 unspecified atom stereocenters. The van der Waals surface area contributed by atoms with E-state index in [2.05, 4.69) is 21.0 Å². The Hall–Kier alpha value is -2.14. The number of pyridine rings is 1. The lowest BCUT2D eigenvalue weighted by Crippen LogP contribution is -2.02. The van der Waals surface area contributed by atoms with E-state index in [0.29, 0.717) is 15.6 Å². The highest BCUT2D eigenvalue weighted by Crippen LogP contribution is 2.30. The Balaban J connectivity index is 2.19. The van der Waals surface area contributed by atoms with Crippen LogP contribution in [0.1, 0.15) is 22.4 Å². The minimum absolute atomic E-state index is 0.0747. The smallest absolute Gasteiger partial charge is 0.139 e. The number of aromatic hydroxyl groups is 1. The van der Waals surface area contributed by atoms with Gasteiger partial charge in [0.15, 0.2) is 0 Å². The molecule has 1 aromatic carbocycles. The van der Waals surface area contributed by atoms with Crippen LogP contribution in [-0.4, -0.2) is 20.4 Å². The first-order valence-electron chi connectivity index (χ1n) is 6.51. The SMILES string of the molecule is Cc1ccc2c(C(=N)c3cccc(Br)c3O)cnn2c1C. The summed E-state index contributed by atoms with van der Waals surface area (Å²) in [6.45, 7) is 4.03. The number of aryl methyl sites for hydroxylation is 2. The standard InChI is InChI=1S/C16H14BrN3O/c1-9-6-7-14-12(8-19-20(14)10(9)2)15(18)11-4-3-5-13(17)16(11)21/h3-8,18,21H,1-2H3. The van der Waals surface area contributed by atoms with Gasteiger partial charge in [0.1, 0.15) is 5.75 Å². The van der Waals surface area contributed by atoms with Crippen LogP contribution in [0.2, 0.25) is 0 Å². The number of rotatable bonds is 2. The molecular formula is C16H14BrN3O. The average Bonchev–Trinajstić information content (AvgIpc) is 2.90. The Morgan fingerprint density at radius 3 is 2.71 bits per heavy atom. The van der Waals surface area contributed by atoms with Crippen LogP contribution in [0.25, 0.3) is 5.52 Å². The monoisotopic (exact) mass is 343 g/mol. The zero-order chi connectivity index (χ0) is 15.1. The fraction of sp³-hybridized carbons (Fsp3) is 0.125. The number of para-hydroxylation sites is 1. The van der Waals surface area contributed by atoms with Crippen LogP contribution in [-0.2, 0) is 0 Å². The maximum atomic E-state index is 10.1. The summed E-state index contributed by atoms with van der Waals surface area (Å²) in [4.78, 5) is 0. The van der Waals surface area contributed by atoms with Gasteiger partial charge in [-0.2, -0.15) is 5.10 Å². The Bertz CT molecular complexity index is 867. The minimum Gasteiger partial charge on any atom is -0.506 e. The van der Waals surface area contributed by atoms with Gasteiger partial charge in [-0.15, -0.1) is 0 Å². The molecule has 106 valence electrons. The van der Waals surface area contributed by atoms with Gasteiger partial charge in [-0.3, -0.25) is 5.41 Å². The number of phenolic OH excluding ortho intramolecular Hbond substituents is 1. The molecular weight excluding hydrogens is 330 g/mol. The molecule has 0 amide bonds. The van der Waals surface area contributed by atoms with E-state index >= 15 is 0 Å². The van der Waals surface area contributed by atoms with Gasteiger partial charge in [0.2, 0.25) is 0 Å². The van der Waals surface area contributed by atoms with Crippen molar-refractivity contribution in [3.8, 4) is 5.75 Å². The van der Waals surface area contributed by atoms with Crippen molar-refractivity contribution >= 4 is 27.2 Å². The first-order chi connectivity index (χ1) is 10.0. The molecule has 0 atom stereocenters. The molecule has 0 aliphatic carbocycles. The van der Waals surface area contributed by atoms with E-state index in [1.807, 2.05) is 30.5 Å². The molecule has 2 aromatic heterocycles. The van der Waals surface area contributed by atoms with Crippen molar-refractivity contribution in [3.05, 3.63) is 63.4 Å². The van der Waals surface area contributed by atoms with Crippen LogP contribution < -0.4 is 0 Å². The lowest BCUT2D eigenvalue weighted by Gasteiger charge is -2.08. The molecule has 3 rings (SSSR count). The summed E-state index contributed by atoms with van der Waals surface area (Å²) in [6.07, 6.45) is 1.67. The Morgan fingerprint density at radius 1 is 1.19 bits per heavy atom. The molecule has 5 heteroatoms. The predicted octanol–water partition coefficient (Wildman–Crippen LogP) is 3.84. The van der Waals surface area contributed by atoms with Crippen molar-refractivity contribution in [2.45, 2.75) is 13.8 Å². The third kappa shape index (κ3) is 2.14. The number of hydrogen-bond donors (Lipinski definition) is 2. The van der Waals surface area contributed by atoms with E-state index in [1.165, 1.54) is 0 Å². The third-order valence-corrected chi connectivity index (χ3v) is 4.35. The highest BCUT2D eigenvalue weighted by Gasteiger charge is 2.16. The van der Waals surface area contributed by atoms with E-state index in [0.717, 1.165) is 16.8 Å². The van der Waals surface area contributed by atoms with Gasteiger partial charge >= 0.3 is 0 Å². The summed E-state index contributed by atoms with van der Waals surface area (Å²) in [6, 6.07) is 9.25. The lowest BCUT2D eigenvalue weighted by atomic mass is 10.0. The fourth-order valence-corrected chi connectivity index (χ4v) is 2.70. The second-order valence-corrected chi connectivity index (χ2v) is 5.82. The molecule has 21 heavy (non-hydrogen) atoms. The summed E-state index contributed by atoms with van der Waals surface area (Å²) in [7, 11) is 0. The van der Waals surface area contributed by atoms with Gasteiger partial charge in [0, 0.05) is 16.8 Å². The molecule has 3 aromatic rings. The Morgan fingerprint density at radius 2 is 1.95 bits per heavy atom. The van der Waals surface area contributed by atoms with Crippen LogP contribution in [0.4, 0.5) is 0 Å². The van der Waals surface area contributed by atoms with Crippen LogP contribution in [0.15, 0.2) is 41.0 Å². The molecule has 0 saturated carbocycles. The molecule has 4 nitrogen and oxygen atoms in total. The zero-order valence-electron chi connectivity index (χ0n) is 11.7. The molecule has 0 aliphatic heterocycles. The molecule has 2 heterocycles. The number of fused-ring (bicyclic) bond motifs is 1. The molecule has 0 aliphatic rings. The second kappa shape index (κ2) is 5.00. The number of phenols is 1. The third-order valence-electron chi connectivity index (χ3n) is 3.71. The minimum atomic E-state index is 0.0747. The average molecular weight is 344 g/mol. The molecule has 0 spiro atoms. The van der Waals surface area contributed by atoms with Crippen molar-refractivity contribution in [1.82, 2.24) is 9.61 Å². The van der Waals surface area contributed by atoms with Gasteiger partial charge < -0.3 is 5.11 Å². The first kappa shape index (κ1) is 13.8. The molecule has 0 saturated heterocycles. The first-order valence-corrected chi connectivity index (χ1v) is 7.30. The topological polar surface area (TPSA) is 61.4 Å². The van der Waals surface area contributed by atoms with E-state index in [9.17, 15) is 5.11 Å². The summed E-state index contributed by atoms with van der Waals surface area (Å²) < 4.78 is 2.40. The fourth-order valence-electron chi connectivity index (χ4n) is 2.33. The van der Waals surface area contributed by atoms with E-state index in [4.69, 9.17) is 5.41 Å². The summed E-state index contributed by atoms with van der Waals surface area (Å²) in [5.41, 5.74) is 4.50. The van der Waals surface area contributed by atoms with Crippen molar-refractivity contribution in [2.24, 2.45) is 0 Å². The molecule has 2 N–H and O–H groups in total. The van der Waals surface area contributed by atoms with Crippen LogP contribution in [0.5, 0.6) is 5.75 Å². The highest BCUT2D eigenvalue weighted by atomic mass is 79.9. The summed E-state index contributed by atoms with van der Waals surface area (Å²) >= 11 is 3.28. The quantitative estimate of drug-likeness (QED) is 0.694. The van der Waals surface area contributed by atoms with E-state index in [-0.39, 0.29) is 11.5 Å². The maximum Gasteiger partial charge on any atom is 0.139 e. The zero-order valence-corrected chi connectivity index (χ0v) is 13.3. The number of halogens is 1. The van der Waals surface area contributed by atoms with Crippen molar-refractivity contribution < 1.29 is 5.11 Å². The number of aromatic nitrogens is 2. The van der Waals surface area contributed by atoms with Gasteiger partial charge in [-0.25, -0.2) is 4.52 Å². The Kier molecular flexibility index (Phi) is 3.29. The second-order valence-electron chi connectivity index (χ2n) is 4.97. The number of hydrogen-bond acceptors (Lipinski definition) is 3. The van der Waals surface area contributed by atoms with Gasteiger partial charge in [0.25, 0.3) is 0 Å². The van der Waals surface area contributed by atoms with Crippen molar-refractivity contribution in [2.75, 3.05) is 0 Å². The van der Waals surface area contributed by atoms with Crippen LogP contribution in [0.3, 0.4) is 0 Å². The Labute approximate surface area is 130 Å². The maximum absolute atomic E-state index is 10.1. The summed E-state index contributed by atoms with van der Waals surface area (Å²) in [5.74, 6) is 0.0747. The van der Waals surface area contributed by atoms with Gasteiger partial charge in [-0.05, 0) is 53.5 Å². The van der Waals surface area contributed by atoms with Gasteiger partial charge in [0.05, 0.1) is 21.9 Å². The van der Waals surface area contributed by atoms with Crippen molar-refractivity contribution in [1.29, 1.82) is 5.41 Å². The van der Waals surface area contributed by atoms with Crippen molar-refractivity contribution in [3.63, 3.8) is 0 Å². The predicted molar refractivity (Wildman–Crippen MR) is 86.4 cm³/mol. The van der Waals surface area contributed by atoms with E-state index < -0.39 is 0 Å².